The molecule has 2 saturated heterocycles. The van der Waals surface area contributed by atoms with Crippen molar-refractivity contribution in [2.24, 2.45) is 0 Å². The van der Waals surface area contributed by atoms with Crippen LogP contribution in [0.15, 0.2) is 24.3 Å². The topological polar surface area (TPSA) is 47.9 Å². The molecule has 0 saturated carbocycles. The first kappa shape index (κ1) is 14.4. The SMILES string of the molecule is OCC#Cc1cccc(OC2CCOC3(CCOC3)C2)c1. The minimum absolute atomic E-state index is 0.131. The van der Waals surface area contributed by atoms with Crippen molar-refractivity contribution in [3.8, 4) is 17.6 Å². The maximum absolute atomic E-state index is 8.75. The van der Waals surface area contributed by atoms with Gasteiger partial charge in [0, 0.05) is 31.4 Å². The lowest BCUT2D eigenvalue weighted by Gasteiger charge is -2.37. The van der Waals surface area contributed by atoms with E-state index in [0.717, 1.165) is 43.8 Å². The van der Waals surface area contributed by atoms with Crippen LogP contribution >= 0.6 is 0 Å². The molecule has 4 nitrogen and oxygen atoms in total. The zero-order chi connectivity index (χ0) is 14.5. The number of ether oxygens (including phenoxy) is 3. The second-order valence-electron chi connectivity index (χ2n) is 5.55. The van der Waals surface area contributed by atoms with Gasteiger partial charge in [0.15, 0.2) is 0 Å². The van der Waals surface area contributed by atoms with Gasteiger partial charge < -0.3 is 19.3 Å². The molecule has 1 aromatic rings. The van der Waals surface area contributed by atoms with Crippen molar-refractivity contribution in [3.05, 3.63) is 29.8 Å². The second-order valence-corrected chi connectivity index (χ2v) is 5.55. The van der Waals surface area contributed by atoms with Crippen LogP contribution in [0.4, 0.5) is 0 Å². The molecule has 2 atom stereocenters. The molecule has 0 bridgehead atoms. The smallest absolute Gasteiger partial charge is 0.120 e. The molecule has 2 unspecified atom stereocenters. The highest BCUT2D eigenvalue weighted by atomic mass is 16.6. The van der Waals surface area contributed by atoms with Gasteiger partial charge in [0.1, 0.15) is 18.5 Å². The first-order valence-electron chi connectivity index (χ1n) is 7.38. The molecule has 2 fully saturated rings. The number of aliphatic hydroxyl groups excluding tert-OH is 1. The van der Waals surface area contributed by atoms with Crippen LogP contribution < -0.4 is 4.74 Å². The number of hydrogen-bond donors (Lipinski definition) is 1. The van der Waals surface area contributed by atoms with Gasteiger partial charge in [-0.1, -0.05) is 17.9 Å². The van der Waals surface area contributed by atoms with E-state index in [-0.39, 0.29) is 18.3 Å². The molecule has 112 valence electrons. The molecule has 1 spiro atoms. The quantitative estimate of drug-likeness (QED) is 0.842. The average Bonchev–Trinajstić information content (AvgIpc) is 2.93. The fourth-order valence-electron chi connectivity index (χ4n) is 2.93. The van der Waals surface area contributed by atoms with Crippen molar-refractivity contribution >= 4 is 0 Å². The lowest BCUT2D eigenvalue weighted by Crippen LogP contribution is -2.44. The molecule has 1 N–H and O–H groups in total. The molecule has 0 amide bonds. The van der Waals surface area contributed by atoms with E-state index in [1.165, 1.54) is 0 Å². The molecule has 4 heteroatoms. The molecule has 2 aliphatic rings. The average molecular weight is 288 g/mol. The fraction of sp³-hybridized carbons (Fsp3) is 0.529. The van der Waals surface area contributed by atoms with Gasteiger partial charge in [-0.15, -0.1) is 0 Å². The highest BCUT2D eigenvalue weighted by molar-refractivity contribution is 5.39. The standard InChI is InChI=1S/C17H20O4/c18-8-2-4-14-3-1-5-15(11-14)21-16-6-9-20-17(12-16)7-10-19-13-17/h1,3,5,11,16,18H,6-10,12-13H2. The number of rotatable bonds is 2. The minimum Gasteiger partial charge on any atom is -0.490 e. The first-order chi connectivity index (χ1) is 10.3. The van der Waals surface area contributed by atoms with Crippen molar-refractivity contribution in [1.29, 1.82) is 0 Å². The first-order valence-corrected chi connectivity index (χ1v) is 7.38. The van der Waals surface area contributed by atoms with Gasteiger partial charge in [0.25, 0.3) is 0 Å². The van der Waals surface area contributed by atoms with Gasteiger partial charge in [-0.25, -0.2) is 0 Å². The predicted molar refractivity (Wildman–Crippen MR) is 78.2 cm³/mol. The van der Waals surface area contributed by atoms with E-state index in [9.17, 15) is 0 Å². The number of benzene rings is 1. The molecule has 3 rings (SSSR count). The van der Waals surface area contributed by atoms with E-state index in [1.54, 1.807) is 0 Å². The lowest BCUT2D eigenvalue weighted by molar-refractivity contribution is -0.112. The highest BCUT2D eigenvalue weighted by Crippen LogP contribution is 2.34. The maximum Gasteiger partial charge on any atom is 0.120 e. The fourth-order valence-corrected chi connectivity index (χ4v) is 2.93. The summed E-state index contributed by atoms with van der Waals surface area (Å²) in [5.74, 6) is 6.36. The van der Waals surface area contributed by atoms with Crippen molar-refractivity contribution < 1.29 is 19.3 Å². The molecule has 0 radical (unpaired) electrons. The van der Waals surface area contributed by atoms with E-state index in [2.05, 4.69) is 11.8 Å². The monoisotopic (exact) mass is 288 g/mol. The van der Waals surface area contributed by atoms with Crippen LogP contribution in [0.25, 0.3) is 0 Å². The van der Waals surface area contributed by atoms with Crippen LogP contribution in [0.3, 0.4) is 0 Å². The Balaban J connectivity index is 1.65. The summed E-state index contributed by atoms with van der Waals surface area (Å²) in [7, 11) is 0. The van der Waals surface area contributed by atoms with Gasteiger partial charge in [-0.3, -0.25) is 0 Å². The minimum atomic E-state index is -0.142. The summed E-state index contributed by atoms with van der Waals surface area (Å²) in [6.45, 7) is 2.04. The molecule has 0 aliphatic carbocycles. The Morgan fingerprint density at radius 2 is 2.33 bits per heavy atom. The van der Waals surface area contributed by atoms with Crippen LogP contribution in [0.2, 0.25) is 0 Å². The van der Waals surface area contributed by atoms with Crippen molar-refractivity contribution in [2.75, 3.05) is 26.4 Å². The largest absolute Gasteiger partial charge is 0.490 e. The van der Waals surface area contributed by atoms with Gasteiger partial charge in [-0.05, 0) is 18.2 Å². The highest BCUT2D eigenvalue weighted by Gasteiger charge is 2.41. The van der Waals surface area contributed by atoms with Crippen molar-refractivity contribution in [1.82, 2.24) is 0 Å². The van der Waals surface area contributed by atoms with Crippen molar-refractivity contribution in [3.63, 3.8) is 0 Å². The number of aliphatic hydroxyl groups is 1. The van der Waals surface area contributed by atoms with Crippen LogP contribution in [0.1, 0.15) is 24.8 Å². The summed E-state index contributed by atoms with van der Waals surface area (Å²) in [6, 6.07) is 7.68. The van der Waals surface area contributed by atoms with E-state index >= 15 is 0 Å². The van der Waals surface area contributed by atoms with Gasteiger partial charge in [0.05, 0.1) is 18.8 Å². The van der Waals surface area contributed by atoms with E-state index < -0.39 is 0 Å². The van der Waals surface area contributed by atoms with Crippen LogP contribution in [0.5, 0.6) is 5.75 Å². The van der Waals surface area contributed by atoms with E-state index in [0.29, 0.717) is 6.61 Å². The zero-order valence-corrected chi connectivity index (χ0v) is 12.0. The molecule has 2 aliphatic heterocycles. The maximum atomic E-state index is 8.75. The van der Waals surface area contributed by atoms with Crippen LogP contribution in [0, 0.1) is 11.8 Å². The van der Waals surface area contributed by atoms with Crippen molar-refractivity contribution in [2.45, 2.75) is 31.0 Å². The van der Waals surface area contributed by atoms with Crippen LogP contribution in [-0.4, -0.2) is 43.2 Å². The van der Waals surface area contributed by atoms with E-state index in [4.69, 9.17) is 19.3 Å². The normalized spacial score (nSPS) is 28.1. The molecular weight excluding hydrogens is 268 g/mol. The Bertz CT molecular complexity index is 537. The summed E-state index contributed by atoms with van der Waals surface area (Å²) < 4.78 is 17.5. The Morgan fingerprint density at radius 1 is 1.38 bits per heavy atom. The number of hydrogen-bond acceptors (Lipinski definition) is 4. The molecular formula is C17H20O4. The Labute approximate surface area is 125 Å². The summed E-state index contributed by atoms with van der Waals surface area (Å²) in [5, 5.41) is 8.75. The predicted octanol–water partition coefficient (Wildman–Crippen LogP) is 1.75. The van der Waals surface area contributed by atoms with Crippen LogP contribution in [-0.2, 0) is 9.47 Å². The van der Waals surface area contributed by atoms with Gasteiger partial charge in [-0.2, -0.15) is 0 Å². The Hall–Kier alpha value is -1.54. The summed E-state index contributed by atoms with van der Waals surface area (Å²) in [6.07, 6.45) is 2.88. The third-order valence-corrected chi connectivity index (χ3v) is 3.96. The molecule has 2 heterocycles. The summed E-state index contributed by atoms with van der Waals surface area (Å²) >= 11 is 0. The third kappa shape index (κ3) is 3.56. The molecule has 1 aromatic carbocycles. The zero-order valence-electron chi connectivity index (χ0n) is 12.0. The lowest BCUT2D eigenvalue weighted by atomic mass is 9.91. The Kier molecular flexibility index (Phi) is 4.45. The van der Waals surface area contributed by atoms with Gasteiger partial charge in [0.2, 0.25) is 0 Å². The second kappa shape index (κ2) is 6.48. The summed E-state index contributed by atoms with van der Waals surface area (Å²) in [4.78, 5) is 0. The Morgan fingerprint density at radius 3 is 3.14 bits per heavy atom. The molecule has 0 aromatic heterocycles. The third-order valence-electron chi connectivity index (χ3n) is 3.96. The molecule has 21 heavy (non-hydrogen) atoms. The van der Waals surface area contributed by atoms with Gasteiger partial charge >= 0.3 is 0 Å². The summed E-state index contributed by atoms with van der Waals surface area (Å²) in [5.41, 5.74) is 0.713. The van der Waals surface area contributed by atoms with E-state index in [1.807, 2.05) is 24.3 Å².